The molecule has 5 nitrogen and oxygen atoms in total. The van der Waals surface area contributed by atoms with Gasteiger partial charge in [0.15, 0.2) is 0 Å². The van der Waals surface area contributed by atoms with Crippen LogP contribution in [-0.2, 0) is 25.5 Å². The molecule has 1 N–H and O–H groups in total. The number of amides is 1. The van der Waals surface area contributed by atoms with Crippen molar-refractivity contribution in [2.45, 2.75) is 25.2 Å². The molecule has 1 aliphatic heterocycles. The molecule has 2 aliphatic rings. The van der Waals surface area contributed by atoms with Crippen LogP contribution in [0.5, 0.6) is 0 Å². The van der Waals surface area contributed by atoms with Crippen LogP contribution in [0.4, 0.5) is 0 Å². The number of allylic oxidation sites excluding steroid dienone is 1. The van der Waals surface area contributed by atoms with Crippen molar-refractivity contribution in [3.05, 3.63) is 41.2 Å². The van der Waals surface area contributed by atoms with E-state index in [0.717, 1.165) is 11.3 Å². The van der Waals surface area contributed by atoms with Crippen molar-refractivity contribution < 1.29 is 19.1 Å². The van der Waals surface area contributed by atoms with E-state index < -0.39 is 12.3 Å². The minimum atomic E-state index is -0.738. The number of carbonyl (C=O) groups is 2. The van der Waals surface area contributed by atoms with Gasteiger partial charge in [0.1, 0.15) is 11.8 Å². The summed E-state index contributed by atoms with van der Waals surface area (Å²) in [5.74, 6) is 0.388. The highest BCUT2D eigenvalue weighted by Crippen LogP contribution is 2.28. The standard InChI is InChI=1S/C14H13NO4/c16-8-15-12-7-13(17)19-14(12)18-11-5-9-3-1-2-4-10(9)6-11/h1-5,8,12,14H,6-7H2,(H,15,16). The van der Waals surface area contributed by atoms with Crippen LogP contribution >= 0.6 is 0 Å². The summed E-state index contributed by atoms with van der Waals surface area (Å²) in [5.41, 5.74) is 2.29. The first-order valence-electron chi connectivity index (χ1n) is 6.10. The molecule has 0 spiro atoms. The molecule has 1 amide bonds. The van der Waals surface area contributed by atoms with Gasteiger partial charge < -0.3 is 14.8 Å². The van der Waals surface area contributed by atoms with E-state index in [1.165, 1.54) is 5.56 Å². The van der Waals surface area contributed by atoms with Crippen LogP contribution in [-0.4, -0.2) is 24.7 Å². The lowest BCUT2D eigenvalue weighted by molar-refractivity contribution is -0.158. The summed E-state index contributed by atoms with van der Waals surface area (Å²) in [6.45, 7) is 0. The lowest BCUT2D eigenvalue weighted by Crippen LogP contribution is -2.37. The third-order valence-electron chi connectivity index (χ3n) is 3.25. The van der Waals surface area contributed by atoms with E-state index in [4.69, 9.17) is 9.47 Å². The fraction of sp³-hybridized carbons (Fsp3) is 0.286. The Hall–Kier alpha value is -2.30. The molecule has 3 rings (SSSR count). The Labute approximate surface area is 110 Å². The monoisotopic (exact) mass is 259 g/mol. The molecule has 2 atom stereocenters. The van der Waals surface area contributed by atoms with Gasteiger partial charge in [0.25, 0.3) is 6.29 Å². The smallest absolute Gasteiger partial charge is 0.311 e. The Morgan fingerprint density at radius 3 is 3.00 bits per heavy atom. The number of hydrogen-bond acceptors (Lipinski definition) is 4. The van der Waals surface area contributed by atoms with E-state index in [1.54, 1.807) is 0 Å². The molecule has 0 saturated carbocycles. The Bertz CT molecular complexity index is 552. The zero-order valence-electron chi connectivity index (χ0n) is 10.2. The van der Waals surface area contributed by atoms with Crippen molar-refractivity contribution in [3.63, 3.8) is 0 Å². The maximum atomic E-state index is 11.3. The number of nitrogens with one attached hydrogen (secondary N) is 1. The third-order valence-corrected chi connectivity index (χ3v) is 3.25. The van der Waals surface area contributed by atoms with Gasteiger partial charge >= 0.3 is 5.97 Å². The van der Waals surface area contributed by atoms with E-state index in [2.05, 4.69) is 5.32 Å². The summed E-state index contributed by atoms with van der Waals surface area (Å²) < 4.78 is 10.8. The molecule has 2 unspecified atom stereocenters. The highest BCUT2D eigenvalue weighted by molar-refractivity contribution is 5.73. The van der Waals surface area contributed by atoms with Crippen molar-refractivity contribution in [2.24, 2.45) is 0 Å². The van der Waals surface area contributed by atoms with E-state index in [0.29, 0.717) is 12.8 Å². The van der Waals surface area contributed by atoms with Crippen molar-refractivity contribution >= 4 is 18.5 Å². The molecule has 1 saturated heterocycles. The number of cyclic esters (lactones) is 1. The first-order chi connectivity index (χ1) is 9.26. The molecular weight excluding hydrogens is 246 g/mol. The van der Waals surface area contributed by atoms with Crippen LogP contribution in [0.15, 0.2) is 30.0 Å². The predicted octanol–water partition coefficient (Wildman–Crippen LogP) is 0.988. The number of fused-ring (bicyclic) bond motifs is 1. The van der Waals surface area contributed by atoms with Crippen LogP contribution in [0.3, 0.4) is 0 Å². The molecule has 1 heterocycles. The van der Waals surface area contributed by atoms with Gasteiger partial charge in [0, 0.05) is 6.42 Å². The Kier molecular flexibility index (Phi) is 2.95. The van der Waals surface area contributed by atoms with Gasteiger partial charge in [-0.1, -0.05) is 24.3 Å². The van der Waals surface area contributed by atoms with Crippen LogP contribution < -0.4 is 5.32 Å². The van der Waals surface area contributed by atoms with Gasteiger partial charge in [-0.2, -0.15) is 0 Å². The van der Waals surface area contributed by atoms with Gasteiger partial charge in [-0.15, -0.1) is 0 Å². The fourth-order valence-electron chi connectivity index (χ4n) is 2.34. The molecule has 98 valence electrons. The van der Waals surface area contributed by atoms with E-state index >= 15 is 0 Å². The van der Waals surface area contributed by atoms with E-state index in [-0.39, 0.29) is 12.4 Å². The molecule has 1 aromatic rings. The van der Waals surface area contributed by atoms with Crippen LogP contribution in [0.25, 0.3) is 6.08 Å². The summed E-state index contributed by atoms with van der Waals surface area (Å²) in [4.78, 5) is 21.7. The second-order valence-electron chi connectivity index (χ2n) is 4.56. The topological polar surface area (TPSA) is 64.6 Å². The lowest BCUT2D eigenvalue weighted by atomic mass is 10.1. The average Bonchev–Trinajstić information content (AvgIpc) is 2.93. The number of hydrogen-bond donors (Lipinski definition) is 1. The van der Waals surface area contributed by atoms with Gasteiger partial charge in [0.05, 0.1) is 6.42 Å². The first-order valence-corrected chi connectivity index (χ1v) is 6.10. The molecule has 5 heteroatoms. The van der Waals surface area contributed by atoms with Crippen molar-refractivity contribution in [1.82, 2.24) is 5.32 Å². The average molecular weight is 259 g/mol. The normalized spacial score (nSPS) is 24.4. The summed E-state index contributed by atoms with van der Waals surface area (Å²) in [6.07, 6.45) is 2.57. The summed E-state index contributed by atoms with van der Waals surface area (Å²) in [5, 5.41) is 2.54. The van der Waals surface area contributed by atoms with Crippen LogP contribution in [0.2, 0.25) is 0 Å². The van der Waals surface area contributed by atoms with E-state index in [1.807, 2.05) is 30.3 Å². The van der Waals surface area contributed by atoms with Crippen LogP contribution in [0, 0.1) is 0 Å². The largest absolute Gasteiger partial charge is 0.457 e. The Morgan fingerprint density at radius 1 is 1.37 bits per heavy atom. The molecule has 0 radical (unpaired) electrons. The van der Waals surface area contributed by atoms with E-state index in [9.17, 15) is 9.59 Å². The number of carbonyl (C=O) groups excluding carboxylic acids is 2. The number of esters is 1. The van der Waals surface area contributed by atoms with Crippen molar-refractivity contribution in [1.29, 1.82) is 0 Å². The highest BCUT2D eigenvalue weighted by atomic mass is 16.7. The highest BCUT2D eigenvalue weighted by Gasteiger charge is 2.37. The summed E-state index contributed by atoms with van der Waals surface area (Å²) in [7, 11) is 0. The number of rotatable bonds is 4. The van der Waals surface area contributed by atoms with Gasteiger partial charge in [-0.25, -0.2) is 0 Å². The minimum Gasteiger partial charge on any atom is -0.457 e. The molecule has 0 aromatic heterocycles. The second kappa shape index (κ2) is 4.76. The fourth-order valence-corrected chi connectivity index (χ4v) is 2.34. The molecular formula is C14H13NO4. The van der Waals surface area contributed by atoms with Crippen molar-refractivity contribution in [3.8, 4) is 0 Å². The molecule has 19 heavy (non-hydrogen) atoms. The third kappa shape index (κ3) is 2.31. The van der Waals surface area contributed by atoms with Crippen LogP contribution in [0.1, 0.15) is 17.5 Å². The summed E-state index contributed by atoms with van der Waals surface area (Å²) >= 11 is 0. The first kappa shape index (κ1) is 11.8. The summed E-state index contributed by atoms with van der Waals surface area (Å²) in [6, 6.07) is 7.55. The second-order valence-corrected chi connectivity index (χ2v) is 4.56. The predicted molar refractivity (Wildman–Crippen MR) is 66.7 cm³/mol. The molecule has 1 aliphatic carbocycles. The number of ether oxygens (including phenoxy) is 2. The lowest BCUT2D eigenvalue weighted by Gasteiger charge is -2.18. The Morgan fingerprint density at radius 2 is 2.21 bits per heavy atom. The molecule has 1 aromatic carbocycles. The van der Waals surface area contributed by atoms with Gasteiger partial charge in [0.2, 0.25) is 6.41 Å². The maximum absolute atomic E-state index is 11.3. The molecule has 0 bridgehead atoms. The Balaban J connectivity index is 1.70. The maximum Gasteiger partial charge on any atom is 0.311 e. The quantitative estimate of drug-likeness (QED) is 0.647. The van der Waals surface area contributed by atoms with Crippen molar-refractivity contribution in [2.75, 3.05) is 0 Å². The van der Waals surface area contributed by atoms with Gasteiger partial charge in [-0.05, 0) is 17.2 Å². The zero-order valence-corrected chi connectivity index (χ0v) is 10.2. The SMILES string of the molecule is O=CNC1CC(=O)OC1OC1=Cc2ccccc2C1. The van der Waals surface area contributed by atoms with Gasteiger partial charge in [-0.3, -0.25) is 9.59 Å². The minimum absolute atomic E-state index is 0.142. The molecule has 1 fully saturated rings. The zero-order chi connectivity index (χ0) is 13.2. The number of benzene rings is 1.